The van der Waals surface area contributed by atoms with Crippen LogP contribution in [-0.2, 0) is 0 Å². The fourth-order valence-corrected chi connectivity index (χ4v) is 3.27. The molecule has 3 heteroatoms. The molecular weight excluding hydrogens is 234 g/mol. The highest BCUT2D eigenvalue weighted by Gasteiger charge is 2.27. The number of likely N-dealkylation sites (tertiary alicyclic amines) is 1. The fraction of sp³-hybridized carbons (Fsp3) is 0.938. The lowest BCUT2D eigenvalue weighted by atomic mass is 9.90. The Labute approximate surface area is 119 Å². The van der Waals surface area contributed by atoms with Crippen molar-refractivity contribution in [1.82, 2.24) is 10.2 Å². The summed E-state index contributed by atoms with van der Waals surface area (Å²) < 4.78 is 0. The van der Waals surface area contributed by atoms with Crippen LogP contribution in [0.1, 0.15) is 59.8 Å². The first kappa shape index (κ1) is 16.5. The minimum Gasteiger partial charge on any atom is -0.301 e. The highest BCUT2D eigenvalue weighted by Crippen LogP contribution is 2.23. The minimum atomic E-state index is -0.304. The molecule has 0 spiro atoms. The van der Waals surface area contributed by atoms with Gasteiger partial charge in [-0.05, 0) is 64.6 Å². The van der Waals surface area contributed by atoms with Crippen LogP contribution in [0.5, 0.6) is 0 Å². The third kappa shape index (κ3) is 4.78. The van der Waals surface area contributed by atoms with Crippen molar-refractivity contribution >= 4 is 0 Å². The van der Waals surface area contributed by atoms with Gasteiger partial charge in [0.15, 0.2) is 0 Å². The van der Waals surface area contributed by atoms with Gasteiger partial charge >= 0.3 is 0 Å². The molecule has 1 aliphatic rings. The molecule has 0 radical (unpaired) electrons. The number of nitrogens with zero attached hydrogens (tertiary/aromatic N) is 2. The van der Waals surface area contributed by atoms with E-state index in [0.29, 0.717) is 6.04 Å². The van der Waals surface area contributed by atoms with Gasteiger partial charge in [-0.3, -0.25) is 5.32 Å². The molecule has 0 saturated carbocycles. The molecular formula is C16H31N3. The zero-order chi connectivity index (χ0) is 14.3. The van der Waals surface area contributed by atoms with Gasteiger partial charge in [0, 0.05) is 6.04 Å². The van der Waals surface area contributed by atoms with Gasteiger partial charge in [-0.2, -0.15) is 5.26 Å². The number of hydrogen-bond acceptors (Lipinski definition) is 3. The highest BCUT2D eigenvalue weighted by atomic mass is 15.2. The lowest BCUT2D eigenvalue weighted by Gasteiger charge is -2.37. The zero-order valence-corrected chi connectivity index (χ0v) is 13.2. The third-order valence-corrected chi connectivity index (χ3v) is 4.66. The van der Waals surface area contributed by atoms with E-state index in [9.17, 15) is 5.26 Å². The molecule has 0 amide bonds. The summed E-state index contributed by atoms with van der Waals surface area (Å²) in [4.78, 5) is 2.60. The van der Waals surface area contributed by atoms with E-state index in [1.165, 1.54) is 19.4 Å². The predicted octanol–water partition coefficient (Wildman–Crippen LogP) is 3.17. The monoisotopic (exact) mass is 265 g/mol. The Balaban J connectivity index is 2.38. The summed E-state index contributed by atoms with van der Waals surface area (Å²) in [6, 6.07) is 3.20. The number of nitriles is 1. The van der Waals surface area contributed by atoms with Crippen LogP contribution in [0.2, 0.25) is 0 Å². The van der Waals surface area contributed by atoms with E-state index < -0.39 is 0 Å². The maximum Gasteiger partial charge on any atom is 0.106 e. The van der Waals surface area contributed by atoms with Crippen LogP contribution in [0.15, 0.2) is 0 Å². The molecule has 1 N–H and O–H groups in total. The smallest absolute Gasteiger partial charge is 0.106 e. The first-order valence-corrected chi connectivity index (χ1v) is 7.97. The Morgan fingerprint density at radius 1 is 1.37 bits per heavy atom. The summed E-state index contributed by atoms with van der Waals surface area (Å²) in [6.07, 6.45) is 5.63. The largest absolute Gasteiger partial charge is 0.301 e. The zero-order valence-electron chi connectivity index (χ0n) is 13.2. The first-order valence-electron chi connectivity index (χ1n) is 7.97. The van der Waals surface area contributed by atoms with Gasteiger partial charge < -0.3 is 4.90 Å². The highest BCUT2D eigenvalue weighted by molar-refractivity contribution is 5.06. The van der Waals surface area contributed by atoms with Gasteiger partial charge in [-0.1, -0.05) is 20.8 Å². The Morgan fingerprint density at radius 2 is 2.11 bits per heavy atom. The van der Waals surface area contributed by atoms with Crippen LogP contribution < -0.4 is 5.32 Å². The quantitative estimate of drug-likeness (QED) is 0.768. The van der Waals surface area contributed by atoms with Gasteiger partial charge in [-0.25, -0.2) is 0 Å². The van der Waals surface area contributed by atoms with Crippen molar-refractivity contribution in [3.63, 3.8) is 0 Å². The van der Waals surface area contributed by atoms with Crippen LogP contribution in [0, 0.1) is 17.2 Å². The second-order valence-electron chi connectivity index (χ2n) is 6.20. The minimum absolute atomic E-state index is 0.304. The molecule has 19 heavy (non-hydrogen) atoms. The lowest BCUT2D eigenvalue weighted by molar-refractivity contribution is 0.124. The van der Waals surface area contributed by atoms with Gasteiger partial charge in [0.05, 0.1) is 6.07 Å². The Kier molecular flexibility index (Phi) is 6.82. The topological polar surface area (TPSA) is 39.1 Å². The van der Waals surface area contributed by atoms with E-state index in [4.69, 9.17) is 0 Å². The molecule has 1 heterocycles. The summed E-state index contributed by atoms with van der Waals surface area (Å²) >= 11 is 0. The van der Waals surface area contributed by atoms with Gasteiger partial charge in [0.25, 0.3) is 0 Å². The molecule has 0 aromatic heterocycles. The summed E-state index contributed by atoms with van der Waals surface area (Å²) in [5.74, 6) is 0.877. The molecule has 0 aliphatic carbocycles. The SMILES string of the molecule is CCNC(C#N)(CC)CCCN1CCC(C)CC1C. The molecule has 1 saturated heterocycles. The van der Waals surface area contributed by atoms with Crippen molar-refractivity contribution in [2.45, 2.75) is 71.4 Å². The number of piperidine rings is 1. The van der Waals surface area contributed by atoms with Crippen LogP contribution in [-0.4, -0.2) is 36.1 Å². The number of rotatable bonds is 7. The second kappa shape index (κ2) is 7.87. The molecule has 0 bridgehead atoms. The normalized spacial score (nSPS) is 27.7. The summed E-state index contributed by atoms with van der Waals surface area (Å²) in [5, 5.41) is 12.8. The summed E-state index contributed by atoms with van der Waals surface area (Å²) in [7, 11) is 0. The van der Waals surface area contributed by atoms with Crippen molar-refractivity contribution in [2.24, 2.45) is 5.92 Å². The lowest BCUT2D eigenvalue weighted by Crippen LogP contribution is -2.45. The molecule has 1 aliphatic heterocycles. The summed E-state index contributed by atoms with van der Waals surface area (Å²) in [5.41, 5.74) is -0.304. The third-order valence-electron chi connectivity index (χ3n) is 4.66. The van der Waals surface area contributed by atoms with Crippen molar-refractivity contribution in [3.05, 3.63) is 0 Å². The fourth-order valence-electron chi connectivity index (χ4n) is 3.27. The van der Waals surface area contributed by atoms with Gasteiger partial charge in [0.2, 0.25) is 0 Å². The van der Waals surface area contributed by atoms with E-state index in [2.05, 4.69) is 44.0 Å². The summed E-state index contributed by atoms with van der Waals surface area (Å²) in [6.45, 7) is 12.1. The van der Waals surface area contributed by atoms with Crippen LogP contribution >= 0.6 is 0 Å². The number of nitrogens with one attached hydrogen (secondary N) is 1. The van der Waals surface area contributed by atoms with E-state index in [1.807, 2.05) is 0 Å². The number of hydrogen-bond donors (Lipinski definition) is 1. The molecule has 0 aromatic carbocycles. The molecule has 3 atom stereocenters. The predicted molar refractivity (Wildman–Crippen MR) is 81.0 cm³/mol. The van der Waals surface area contributed by atoms with Crippen molar-refractivity contribution in [3.8, 4) is 6.07 Å². The van der Waals surface area contributed by atoms with Crippen LogP contribution in [0.25, 0.3) is 0 Å². The molecule has 0 aromatic rings. The van der Waals surface area contributed by atoms with Crippen molar-refractivity contribution in [2.75, 3.05) is 19.6 Å². The van der Waals surface area contributed by atoms with Crippen LogP contribution in [0.3, 0.4) is 0 Å². The Bertz CT molecular complexity index is 297. The van der Waals surface area contributed by atoms with Gasteiger partial charge in [0.1, 0.15) is 5.54 Å². The van der Waals surface area contributed by atoms with Gasteiger partial charge in [-0.15, -0.1) is 0 Å². The molecule has 1 fully saturated rings. The van der Waals surface area contributed by atoms with Crippen molar-refractivity contribution in [1.29, 1.82) is 5.26 Å². The Hall–Kier alpha value is -0.590. The molecule has 3 nitrogen and oxygen atoms in total. The average Bonchev–Trinajstić information content (AvgIpc) is 2.40. The van der Waals surface area contributed by atoms with E-state index in [1.54, 1.807) is 0 Å². The molecule has 1 rings (SSSR count). The first-order chi connectivity index (χ1) is 9.06. The maximum absolute atomic E-state index is 9.41. The van der Waals surface area contributed by atoms with Crippen LogP contribution in [0.4, 0.5) is 0 Å². The van der Waals surface area contributed by atoms with Crippen molar-refractivity contribution < 1.29 is 0 Å². The van der Waals surface area contributed by atoms with E-state index in [0.717, 1.165) is 38.3 Å². The second-order valence-corrected chi connectivity index (χ2v) is 6.20. The molecule has 110 valence electrons. The van der Waals surface area contributed by atoms with E-state index in [-0.39, 0.29) is 5.54 Å². The van der Waals surface area contributed by atoms with E-state index >= 15 is 0 Å². The standard InChI is InChI=1S/C16H31N3/c1-5-16(13-17,18-6-2)9-7-10-19-11-8-14(3)12-15(19)4/h14-15,18H,5-12H2,1-4H3. The average molecular weight is 265 g/mol. The maximum atomic E-state index is 9.41. The molecule has 3 unspecified atom stereocenters. The Morgan fingerprint density at radius 3 is 2.63 bits per heavy atom.